The van der Waals surface area contributed by atoms with Crippen LogP contribution in [0.15, 0.2) is 18.2 Å². The van der Waals surface area contributed by atoms with Gasteiger partial charge in [0.1, 0.15) is 5.82 Å². The monoisotopic (exact) mass is 303 g/mol. The fourth-order valence-electron chi connectivity index (χ4n) is 2.50. The first kappa shape index (κ1) is 14.4. The Balaban J connectivity index is 2.12. The lowest BCUT2D eigenvalue weighted by molar-refractivity contribution is -0.155. The summed E-state index contributed by atoms with van der Waals surface area (Å²) in [5, 5.41) is 10.1. The number of hydrogen-bond acceptors (Lipinski definition) is 2. The van der Waals surface area contributed by atoms with Gasteiger partial charge in [-0.25, -0.2) is 4.98 Å². The minimum atomic E-state index is -4.26. The zero-order chi connectivity index (χ0) is 15.9. The molecule has 1 heterocycles. The lowest BCUT2D eigenvalue weighted by Crippen LogP contribution is -2.33. The molecule has 0 saturated carbocycles. The third kappa shape index (κ3) is 2.50. The first-order valence-corrected chi connectivity index (χ1v) is 6.74. The summed E-state index contributed by atoms with van der Waals surface area (Å²) >= 11 is 0. The van der Waals surface area contributed by atoms with Gasteiger partial charge in [-0.3, -0.25) is 0 Å². The Morgan fingerprint density at radius 3 is 2.82 bits per heavy atom. The Bertz CT molecular complexity index is 885. The molecule has 0 spiro atoms. The van der Waals surface area contributed by atoms with E-state index in [4.69, 9.17) is 0 Å². The SMILES string of the molecule is Cc1ccc(-c2nc3c([nH]2)=CC(C(F)(F)F)CC=3)c(C#N)c1. The summed E-state index contributed by atoms with van der Waals surface area (Å²) in [4.78, 5) is 7.21. The molecule has 1 aromatic heterocycles. The largest absolute Gasteiger partial charge is 0.395 e. The van der Waals surface area contributed by atoms with Crippen LogP contribution in [0.4, 0.5) is 13.2 Å². The Hall–Kier alpha value is -2.55. The van der Waals surface area contributed by atoms with Crippen LogP contribution in [0.1, 0.15) is 17.5 Å². The molecule has 3 rings (SSSR count). The third-order valence-electron chi connectivity index (χ3n) is 3.67. The van der Waals surface area contributed by atoms with Crippen molar-refractivity contribution in [3.05, 3.63) is 40.0 Å². The van der Waals surface area contributed by atoms with Crippen LogP contribution in [0, 0.1) is 24.2 Å². The van der Waals surface area contributed by atoms with E-state index in [0.717, 1.165) is 11.6 Å². The second-order valence-electron chi connectivity index (χ2n) is 5.30. The van der Waals surface area contributed by atoms with Gasteiger partial charge < -0.3 is 4.98 Å². The number of aryl methyl sites for hydroxylation is 1. The average Bonchev–Trinajstić information content (AvgIpc) is 2.88. The predicted octanol–water partition coefficient (Wildman–Crippen LogP) is 2.40. The number of aromatic nitrogens is 2. The molecule has 0 amide bonds. The average molecular weight is 303 g/mol. The van der Waals surface area contributed by atoms with Crippen LogP contribution < -0.4 is 10.7 Å². The van der Waals surface area contributed by atoms with E-state index >= 15 is 0 Å². The molecular formula is C16H12F3N3. The summed E-state index contributed by atoms with van der Waals surface area (Å²) in [5.41, 5.74) is 1.97. The number of nitrogens with zero attached hydrogens (tertiary/aromatic N) is 2. The maximum Gasteiger partial charge on any atom is 0.395 e. The van der Waals surface area contributed by atoms with Crippen LogP contribution >= 0.6 is 0 Å². The number of nitrogens with one attached hydrogen (secondary N) is 1. The topological polar surface area (TPSA) is 52.5 Å². The summed E-state index contributed by atoms with van der Waals surface area (Å²) in [6, 6.07) is 7.40. The summed E-state index contributed by atoms with van der Waals surface area (Å²) in [6.07, 6.45) is -1.74. The molecule has 112 valence electrons. The lowest BCUT2D eigenvalue weighted by atomic mass is 10.0. The van der Waals surface area contributed by atoms with Crippen molar-refractivity contribution in [1.82, 2.24) is 9.97 Å². The number of halogens is 3. The van der Waals surface area contributed by atoms with Crippen molar-refractivity contribution in [3.63, 3.8) is 0 Å². The van der Waals surface area contributed by atoms with Crippen molar-refractivity contribution in [1.29, 1.82) is 5.26 Å². The second kappa shape index (κ2) is 5.02. The van der Waals surface area contributed by atoms with Gasteiger partial charge in [0.15, 0.2) is 0 Å². The van der Waals surface area contributed by atoms with E-state index in [2.05, 4.69) is 16.0 Å². The summed E-state index contributed by atoms with van der Waals surface area (Å²) in [6.45, 7) is 1.87. The fourth-order valence-corrected chi connectivity index (χ4v) is 2.50. The molecule has 0 aliphatic heterocycles. The standard InChI is InChI=1S/C16H12F3N3/c1-9-2-4-12(10(6-9)8-20)15-21-13-5-3-11(16(17,18)19)7-14(13)22-15/h2,4-7,11H,3H2,1H3,(H,21,22). The minimum Gasteiger partial charge on any atom is -0.338 e. The molecule has 1 aliphatic rings. The quantitative estimate of drug-likeness (QED) is 0.879. The molecule has 0 radical (unpaired) electrons. The number of alkyl halides is 3. The normalized spacial score (nSPS) is 17.1. The number of rotatable bonds is 1. The maximum atomic E-state index is 12.8. The van der Waals surface area contributed by atoms with Crippen molar-refractivity contribution >= 4 is 12.2 Å². The minimum absolute atomic E-state index is 0.111. The predicted molar refractivity (Wildman–Crippen MR) is 75.8 cm³/mol. The third-order valence-corrected chi connectivity index (χ3v) is 3.67. The molecular weight excluding hydrogens is 291 g/mol. The first-order chi connectivity index (χ1) is 10.4. The van der Waals surface area contributed by atoms with E-state index < -0.39 is 12.1 Å². The van der Waals surface area contributed by atoms with Crippen LogP contribution in [0.3, 0.4) is 0 Å². The number of aromatic amines is 1. The van der Waals surface area contributed by atoms with E-state index in [0.29, 0.717) is 27.6 Å². The highest BCUT2D eigenvalue weighted by atomic mass is 19.4. The highest BCUT2D eigenvalue weighted by molar-refractivity contribution is 5.65. The van der Waals surface area contributed by atoms with E-state index in [9.17, 15) is 18.4 Å². The molecule has 2 aromatic rings. The molecule has 0 saturated heterocycles. The molecule has 1 N–H and O–H groups in total. The lowest BCUT2D eigenvalue weighted by Gasteiger charge is -2.15. The van der Waals surface area contributed by atoms with Crippen molar-refractivity contribution in [2.75, 3.05) is 0 Å². The summed E-state index contributed by atoms with van der Waals surface area (Å²) in [5.74, 6) is -1.08. The molecule has 6 heteroatoms. The number of hydrogen-bond donors (Lipinski definition) is 1. The molecule has 1 unspecified atom stereocenters. The zero-order valence-electron chi connectivity index (χ0n) is 11.7. The summed E-state index contributed by atoms with van der Waals surface area (Å²) in [7, 11) is 0. The maximum absolute atomic E-state index is 12.8. The zero-order valence-corrected chi connectivity index (χ0v) is 11.7. The number of nitriles is 1. The molecule has 1 atom stereocenters. The van der Waals surface area contributed by atoms with Crippen LogP contribution in [-0.2, 0) is 0 Å². The van der Waals surface area contributed by atoms with Crippen molar-refractivity contribution < 1.29 is 13.2 Å². The molecule has 22 heavy (non-hydrogen) atoms. The Morgan fingerprint density at radius 1 is 1.36 bits per heavy atom. The first-order valence-electron chi connectivity index (χ1n) is 6.74. The van der Waals surface area contributed by atoms with Gasteiger partial charge in [-0.2, -0.15) is 18.4 Å². The van der Waals surface area contributed by atoms with Crippen molar-refractivity contribution in [2.45, 2.75) is 19.5 Å². The van der Waals surface area contributed by atoms with Crippen molar-refractivity contribution in [2.24, 2.45) is 5.92 Å². The van der Waals surface area contributed by atoms with Gasteiger partial charge in [0.25, 0.3) is 0 Å². The van der Waals surface area contributed by atoms with Crippen LogP contribution in [-0.4, -0.2) is 16.1 Å². The van der Waals surface area contributed by atoms with Gasteiger partial charge in [-0.1, -0.05) is 12.1 Å². The fraction of sp³-hybridized carbons (Fsp3) is 0.250. The smallest absolute Gasteiger partial charge is 0.338 e. The van der Waals surface area contributed by atoms with Crippen LogP contribution in [0.25, 0.3) is 23.5 Å². The summed E-state index contributed by atoms with van der Waals surface area (Å²) < 4.78 is 38.4. The molecule has 0 fully saturated rings. The van der Waals surface area contributed by atoms with Gasteiger partial charge in [-0.05, 0) is 37.1 Å². The van der Waals surface area contributed by atoms with Gasteiger partial charge in [0.05, 0.1) is 28.2 Å². The highest BCUT2D eigenvalue weighted by Gasteiger charge is 2.38. The number of H-pyrrole nitrogens is 1. The highest BCUT2D eigenvalue weighted by Crippen LogP contribution is 2.31. The van der Waals surface area contributed by atoms with Gasteiger partial charge >= 0.3 is 6.18 Å². The van der Waals surface area contributed by atoms with Crippen LogP contribution in [0.5, 0.6) is 0 Å². The number of fused-ring (bicyclic) bond motifs is 1. The molecule has 1 aromatic carbocycles. The van der Waals surface area contributed by atoms with E-state index in [1.165, 1.54) is 6.08 Å². The second-order valence-corrected chi connectivity index (χ2v) is 5.30. The van der Waals surface area contributed by atoms with E-state index in [1.54, 1.807) is 12.1 Å². The van der Waals surface area contributed by atoms with E-state index in [1.807, 2.05) is 13.0 Å². The Morgan fingerprint density at radius 2 is 2.14 bits per heavy atom. The Labute approximate surface area is 124 Å². The molecule has 3 nitrogen and oxygen atoms in total. The number of imidazole rings is 1. The van der Waals surface area contributed by atoms with E-state index in [-0.39, 0.29) is 6.42 Å². The molecule has 1 aliphatic carbocycles. The Kier molecular flexibility index (Phi) is 3.28. The van der Waals surface area contributed by atoms with Crippen molar-refractivity contribution in [3.8, 4) is 17.5 Å². The van der Waals surface area contributed by atoms with Gasteiger partial charge in [0.2, 0.25) is 0 Å². The van der Waals surface area contributed by atoms with Gasteiger partial charge in [-0.15, -0.1) is 0 Å². The molecule has 0 bridgehead atoms. The van der Waals surface area contributed by atoms with Gasteiger partial charge in [0, 0.05) is 5.56 Å². The van der Waals surface area contributed by atoms with Crippen LogP contribution in [0.2, 0.25) is 0 Å². The number of benzene rings is 1.